The van der Waals surface area contributed by atoms with E-state index < -0.39 is 0 Å². The maximum Gasteiger partial charge on any atom is 0.323 e. The van der Waals surface area contributed by atoms with Crippen molar-refractivity contribution < 1.29 is 9.53 Å². The van der Waals surface area contributed by atoms with Gasteiger partial charge in [-0.05, 0) is 49.1 Å². The number of rotatable bonds is 8. The van der Waals surface area contributed by atoms with Gasteiger partial charge in [-0.1, -0.05) is 50.2 Å². The summed E-state index contributed by atoms with van der Waals surface area (Å²) < 4.78 is 7.87. The van der Waals surface area contributed by atoms with Crippen molar-refractivity contribution in [3.63, 3.8) is 0 Å². The largest absolute Gasteiger partial charge is 0.459 e. The molecule has 0 bridgehead atoms. The lowest BCUT2D eigenvalue weighted by Crippen LogP contribution is -2.37. The molecule has 0 spiro atoms. The Morgan fingerprint density at radius 1 is 1.11 bits per heavy atom. The molecule has 0 saturated carbocycles. The normalized spacial score (nSPS) is 15.5. The second-order valence-electron chi connectivity index (χ2n) is 9.36. The monoisotopic (exact) mass is 500 g/mol. The van der Waals surface area contributed by atoms with Crippen molar-refractivity contribution in [1.29, 1.82) is 0 Å². The van der Waals surface area contributed by atoms with Crippen LogP contribution in [0, 0.1) is 0 Å². The molecule has 1 unspecified atom stereocenters. The number of carbonyl (C=O) groups excluding carboxylic acids is 1. The zero-order valence-corrected chi connectivity index (χ0v) is 21.1. The Kier molecular flexibility index (Phi) is 7.46. The SMILES string of the molecule is CC(C)c1cnn2c(NCc3ccccc3NC(=O)Nc3ccccc3)nc(OC3CCCNC3)nc12. The van der Waals surface area contributed by atoms with Gasteiger partial charge in [0.1, 0.15) is 6.10 Å². The summed E-state index contributed by atoms with van der Waals surface area (Å²) in [6, 6.07) is 17.0. The van der Waals surface area contributed by atoms with Crippen LogP contribution in [0.5, 0.6) is 6.01 Å². The first-order valence-electron chi connectivity index (χ1n) is 12.6. The maximum atomic E-state index is 12.6. The summed E-state index contributed by atoms with van der Waals surface area (Å²) in [5, 5.41) is 17.1. The number of amides is 2. The fourth-order valence-electron chi connectivity index (χ4n) is 4.30. The van der Waals surface area contributed by atoms with Crippen molar-refractivity contribution in [1.82, 2.24) is 24.9 Å². The molecule has 192 valence electrons. The lowest BCUT2D eigenvalue weighted by atomic mass is 10.1. The van der Waals surface area contributed by atoms with E-state index in [4.69, 9.17) is 9.72 Å². The minimum absolute atomic E-state index is 0.0301. The zero-order valence-electron chi connectivity index (χ0n) is 21.1. The molecule has 1 fully saturated rings. The van der Waals surface area contributed by atoms with Crippen LogP contribution in [-0.2, 0) is 6.54 Å². The van der Waals surface area contributed by atoms with Gasteiger partial charge in [0.25, 0.3) is 0 Å². The minimum atomic E-state index is -0.312. The average molecular weight is 501 g/mol. The van der Waals surface area contributed by atoms with E-state index >= 15 is 0 Å². The molecule has 1 saturated heterocycles. The van der Waals surface area contributed by atoms with Crippen molar-refractivity contribution in [3.8, 4) is 6.01 Å². The Labute approximate surface area is 215 Å². The second-order valence-corrected chi connectivity index (χ2v) is 9.36. The van der Waals surface area contributed by atoms with Gasteiger partial charge in [0.15, 0.2) is 5.65 Å². The van der Waals surface area contributed by atoms with Crippen molar-refractivity contribution in [3.05, 3.63) is 71.9 Å². The number of piperidine rings is 1. The highest BCUT2D eigenvalue weighted by Crippen LogP contribution is 2.24. The number of benzene rings is 2. The number of urea groups is 1. The molecule has 10 heteroatoms. The Morgan fingerprint density at radius 3 is 2.70 bits per heavy atom. The summed E-state index contributed by atoms with van der Waals surface area (Å²) in [5.41, 5.74) is 4.06. The van der Waals surface area contributed by atoms with Crippen molar-refractivity contribution >= 4 is 29.0 Å². The fraction of sp³-hybridized carbons (Fsp3) is 0.333. The third kappa shape index (κ3) is 5.97. The summed E-state index contributed by atoms with van der Waals surface area (Å²) in [4.78, 5) is 21.9. The van der Waals surface area contributed by atoms with E-state index in [9.17, 15) is 4.79 Å². The number of hydrogen-bond donors (Lipinski definition) is 4. The summed E-state index contributed by atoms with van der Waals surface area (Å²) in [5.74, 6) is 0.775. The minimum Gasteiger partial charge on any atom is -0.459 e. The van der Waals surface area contributed by atoms with Gasteiger partial charge in [-0.2, -0.15) is 19.6 Å². The maximum absolute atomic E-state index is 12.6. The first kappa shape index (κ1) is 24.5. The van der Waals surface area contributed by atoms with Crippen LogP contribution in [0.2, 0.25) is 0 Å². The van der Waals surface area contributed by atoms with Gasteiger partial charge in [-0.3, -0.25) is 0 Å². The number of anilines is 3. The number of nitrogens with zero attached hydrogens (tertiary/aromatic N) is 4. The third-order valence-corrected chi connectivity index (χ3v) is 6.25. The molecular weight excluding hydrogens is 468 g/mol. The molecule has 1 aliphatic rings. The quantitative estimate of drug-likeness (QED) is 0.279. The van der Waals surface area contributed by atoms with Crippen LogP contribution in [0.15, 0.2) is 60.8 Å². The van der Waals surface area contributed by atoms with Crippen molar-refractivity contribution in [2.24, 2.45) is 0 Å². The molecule has 1 atom stereocenters. The molecule has 3 heterocycles. The number of aromatic nitrogens is 4. The topological polar surface area (TPSA) is 118 Å². The van der Waals surface area contributed by atoms with Crippen LogP contribution in [0.1, 0.15) is 43.7 Å². The van der Waals surface area contributed by atoms with Gasteiger partial charge in [-0.15, -0.1) is 0 Å². The summed E-state index contributed by atoms with van der Waals surface area (Å²) >= 11 is 0. The van der Waals surface area contributed by atoms with Crippen LogP contribution in [-0.4, -0.2) is 44.8 Å². The second kappa shape index (κ2) is 11.3. The van der Waals surface area contributed by atoms with Gasteiger partial charge >= 0.3 is 12.0 Å². The molecule has 0 radical (unpaired) electrons. The molecule has 2 aromatic carbocycles. The van der Waals surface area contributed by atoms with Crippen molar-refractivity contribution in [2.75, 3.05) is 29.0 Å². The van der Waals surface area contributed by atoms with E-state index in [2.05, 4.69) is 45.2 Å². The van der Waals surface area contributed by atoms with E-state index in [-0.39, 0.29) is 18.1 Å². The van der Waals surface area contributed by atoms with Crippen molar-refractivity contribution in [2.45, 2.75) is 45.3 Å². The van der Waals surface area contributed by atoms with Gasteiger partial charge in [-0.25, -0.2) is 4.79 Å². The van der Waals surface area contributed by atoms with Gasteiger partial charge in [0, 0.05) is 30.0 Å². The van der Waals surface area contributed by atoms with Gasteiger partial charge in [0.2, 0.25) is 5.95 Å². The highest BCUT2D eigenvalue weighted by Gasteiger charge is 2.20. The van der Waals surface area contributed by atoms with E-state index in [0.29, 0.717) is 24.2 Å². The Hall–Kier alpha value is -4.18. The van der Waals surface area contributed by atoms with E-state index in [1.54, 1.807) is 4.52 Å². The number of carbonyl (C=O) groups is 1. The summed E-state index contributed by atoms with van der Waals surface area (Å²) in [7, 11) is 0. The first-order chi connectivity index (χ1) is 18.1. The molecule has 2 amide bonds. The Bertz CT molecular complexity index is 1350. The molecule has 4 aromatic rings. The lowest BCUT2D eigenvalue weighted by molar-refractivity contribution is 0.153. The number of fused-ring (bicyclic) bond motifs is 1. The first-order valence-corrected chi connectivity index (χ1v) is 12.6. The van der Waals surface area contributed by atoms with E-state index in [1.807, 2.05) is 60.8 Å². The van der Waals surface area contributed by atoms with Crippen LogP contribution >= 0.6 is 0 Å². The van der Waals surface area contributed by atoms with E-state index in [0.717, 1.165) is 48.4 Å². The van der Waals surface area contributed by atoms with Crippen LogP contribution in [0.4, 0.5) is 22.1 Å². The summed E-state index contributed by atoms with van der Waals surface area (Å²) in [6.45, 7) is 6.41. The molecule has 2 aromatic heterocycles. The lowest BCUT2D eigenvalue weighted by Gasteiger charge is -2.23. The number of para-hydroxylation sites is 2. The highest BCUT2D eigenvalue weighted by atomic mass is 16.5. The molecule has 4 N–H and O–H groups in total. The Morgan fingerprint density at radius 2 is 1.92 bits per heavy atom. The smallest absolute Gasteiger partial charge is 0.323 e. The number of hydrogen-bond acceptors (Lipinski definition) is 7. The zero-order chi connectivity index (χ0) is 25.6. The van der Waals surface area contributed by atoms with Gasteiger partial charge < -0.3 is 26.0 Å². The highest BCUT2D eigenvalue weighted by molar-refractivity contribution is 6.00. The standard InChI is InChI=1S/C27H32N8O2/c1-18(2)22-17-30-35-24(22)33-27(37-21-12-8-14-28-16-21)34-25(35)29-15-19-9-6-7-13-23(19)32-26(36)31-20-10-4-3-5-11-20/h3-7,9-11,13,17-18,21,28H,8,12,14-16H2,1-2H3,(H,29,33,34)(H2,31,32,36). The third-order valence-electron chi connectivity index (χ3n) is 6.25. The number of nitrogens with one attached hydrogen (secondary N) is 4. The number of ether oxygens (including phenoxy) is 1. The molecule has 1 aliphatic heterocycles. The molecule has 0 aliphatic carbocycles. The predicted octanol–water partition coefficient (Wildman–Crippen LogP) is 4.63. The Balaban J connectivity index is 1.36. The molecule has 10 nitrogen and oxygen atoms in total. The molecule has 5 rings (SSSR count). The fourth-order valence-corrected chi connectivity index (χ4v) is 4.30. The predicted molar refractivity (Wildman–Crippen MR) is 144 cm³/mol. The van der Waals surface area contributed by atoms with Crippen LogP contribution in [0.3, 0.4) is 0 Å². The molecular formula is C27H32N8O2. The molecule has 37 heavy (non-hydrogen) atoms. The average Bonchev–Trinajstić information content (AvgIpc) is 3.34. The van der Waals surface area contributed by atoms with Crippen LogP contribution in [0.25, 0.3) is 5.65 Å². The summed E-state index contributed by atoms with van der Waals surface area (Å²) in [6.07, 6.45) is 3.88. The van der Waals surface area contributed by atoms with Gasteiger partial charge in [0.05, 0.1) is 6.20 Å². The van der Waals surface area contributed by atoms with E-state index in [1.165, 1.54) is 0 Å². The van der Waals surface area contributed by atoms with Crippen LogP contribution < -0.4 is 26.0 Å².